The van der Waals surface area contributed by atoms with Gasteiger partial charge in [0.25, 0.3) is 0 Å². The number of nitrogens with zero attached hydrogens (tertiary/aromatic N) is 3. The molecule has 5 nitrogen and oxygen atoms in total. The summed E-state index contributed by atoms with van der Waals surface area (Å²) in [4.78, 5) is 4.33. The molecule has 0 saturated carbocycles. The second-order valence-electron chi connectivity index (χ2n) is 5.06. The highest BCUT2D eigenvalue weighted by Crippen LogP contribution is 2.40. The van der Waals surface area contributed by atoms with Gasteiger partial charge < -0.3 is 9.47 Å². The highest BCUT2D eigenvalue weighted by molar-refractivity contribution is 5.90. The van der Waals surface area contributed by atoms with Crippen molar-refractivity contribution in [3.05, 3.63) is 35.0 Å². The first-order valence-corrected chi connectivity index (χ1v) is 6.85. The third kappa shape index (κ3) is 2.54. The minimum Gasteiger partial charge on any atom is -0.493 e. The molecule has 2 unspecified atom stereocenters. The predicted octanol–water partition coefficient (Wildman–Crippen LogP) is 3.20. The Bertz CT molecular complexity index is 735. The second kappa shape index (κ2) is 6.32. The fourth-order valence-corrected chi connectivity index (χ4v) is 2.75. The zero-order chi connectivity index (χ0) is 16.3. The minimum atomic E-state index is -0.462. The lowest BCUT2D eigenvalue weighted by Crippen LogP contribution is -2.24. The van der Waals surface area contributed by atoms with Gasteiger partial charge in [-0.15, -0.1) is 0 Å². The van der Waals surface area contributed by atoms with Crippen LogP contribution in [0.4, 0.5) is 0 Å². The first kappa shape index (κ1) is 15.6. The van der Waals surface area contributed by atoms with Crippen molar-refractivity contribution in [3.63, 3.8) is 0 Å². The number of nitriles is 2. The van der Waals surface area contributed by atoms with Crippen molar-refractivity contribution < 1.29 is 9.47 Å². The third-order valence-corrected chi connectivity index (χ3v) is 3.85. The molecule has 0 aromatic heterocycles. The molecule has 1 aliphatic heterocycles. The summed E-state index contributed by atoms with van der Waals surface area (Å²) >= 11 is 0. The summed E-state index contributed by atoms with van der Waals surface area (Å²) in [5, 5.41) is 19.0. The Morgan fingerprint density at radius 1 is 1.09 bits per heavy atom. The molecule has 0 N–H and O–H groups in total. The molecule has 5 heteroatoms. The van der Waals surface area contributed by atoms with Crippen LogP contribution in [0.25, 0.3) is 0 Å². The molecule has 1 aliphatic rings. The lowest BCUT2D eigenvalue weighted by atomic mass is 9.77. The number of ether oxygens (including phenoxy) is 2. The van der Waals surface area contributed by atoms with E-state index in [4.69, 9.17) is 9.47 Å². The second-order valence-corrected chi connectivity index (χ2v) is 5.06. The van der Waals surface area contributed by atoms with Crippen molar-refractivity contribution in [2.45, 2.75) is 19.8 Å². The molecule has 2 rings (SSSR count). The van der Waals surface area contributed by atoms with E-state index in [0.717, 1.165) is 11.3 Å². The van der Waals surface area contributed by atoms with Crippen LogP contribution in [0, 0.1) is 28.6 Å². The van der Waals surface area contributed by atoms with E-state index in [-0.39, 0.29) is 5.92 Å². The van der Waals surface area contributed by atoms with Gasteiger partial charge in [-0.05, 0) is 31.5 Å². The first-order valence-electron chi connectivity index (χ1n) is 6.85. The lowest BCUT2D eigenvalue weighted by molar-refractivity contribution is 0.354. The van der Waals surface area contributed by atoms with Gasteiger partial charge in [-0.2, -0.15) is 10.5 Å². The normalized spacial score (nSPS) is 20.7. The number of methoxy groups -OCH3 is 2. The minimum absolute atomic E-state index is 0.340. The molecule has 0 bridgehead atoms. The SMILES string of the molecule is COc1ccc(C2C(C#N)=C(C)N=C(C)C2C#N)cc1OC. The average molecular weight is 295 g/mol. The maximum absolute atomic E-state index is 9.50. The predicted molar refractivity (Wildman–Crippen MR) is 82.8 cm³/mol. The average Bonchev–Trinajstić information content (AvgIpc) is 2.53. The van der Waals surface area contributed by atoms with Crippen LogP contribution < -0.4 is 9.47 Å². The summed E-state index contributed by atoms with van der Waals surface area (Å²) in [6.45, 7) is 3.61. The van der Waals surface area contributed by atoms with Gasteiger partial charge in [0.15, 0.2) is 11.5 Å². The molecular weight excluding hydrogens is 278 g/mol. The summed E-state index contributed by atoms with van der Waals surface area (Å²) in [5.41, 5.74) is 2.74. The summed E-state index contributed by atoms with van der Waals surface area (Å²) in [6.07, 6.45) is 0. The Hall–Kier alpha value is -2.79. The van der Waals surface area contributed by atoms with Gasteiger partial charge in [0, 0.05) is 11.6 Å². The molecule has 0 fully saturated rings. The Morgan fingerprint density at radius 2 is 1.77 bits per heavy atom. The smallest absolute Gasteiger partial charge is 0.161 e. The Morgan fingerprint density at radius 3 is 2.32 bits per heavy atom. The van der Waals surface area contributed by atoms with Crippen LogP contribution in [0.1, 0.15) is 25.3 Å². The Balaban J connectivity index is 2.61. The van der Waals surface area contributed by atoms with Crippen molar-refractivity contribution >= 4 is 5.71 Å². The molecule has 0 spiro atoms. The molecule has 1 heterocycles. The maximum Gasteiger partial charge on any atom is 0.161 e. The van der Waals surface area contributed by atoms with Crippen molar-refractivity contribution in [3.8, 4) is 23.6 Å². The van der Waals surface area contributed by atoms with Crippen LogP contribution in [0.3, 0.4) is 0 Å². The van der Waals surface area contributed by atoms with Crippen molar-refractivity contribution in [2.24, 2.45) is 10.9 Å². The van der Waals surface area contributed by atoms with Gasteiger partial charge >= 0.3 is 0 Å². The topological polar surface area (TPSA) is 78.4 Å². The van der Waals surface area contributed by atoms with E-state index in [1.807, 2.05) is 19.1 Å². The molecule has 112 valence electrons. The summed E-state index contributed by atoms with van der Waals surface area (Å²) in [5.74, 6) is 0.385. The first-order chi connectivity index (χ1) is 10.6. The highest BCUT2D eigenvalue weighted by atomic mass is 16.5. The fourth-order valence-electron chi connectivity index (χ4n) is 2.75. The number of allylic oxidation sites excluding steroid dienone is 2. The van der Waals surface area contributed by atoms with E-state index >= 15 is 0 Å². The largest absolute Gasteiger partial charge is 0.493 e. The number of aliphatic imine (C=N–C) groups is 1. The number of benzene rings is 1. The zero-order valence-electron chi connectivity index (χ0n) is 13.0. The molecule has 22 heavy (non-hydrogen) atoms. The van der Waals surface area contributed by atoms with Crippen molar-refractivity contribution in [1.29, 1.82) is 10.5 Å². The van der Waals surface area contributed by atoms with Gasteiger partial charge in [0.1, 0.15) is 0 Å². The molecule has 0 radical (unpaired) electrons. The maximum atomic E-state index is 9.50. The molecule has 1 aromatic rings. The number of rotatable bonds is 3. The van der Waals surface area contributed by atoms with Gasteiger partial charge in [-0.25, -0.2) is 0 Å². The molecular formula is C17H17N3O2. The van der Waals surface area contributed by atoms with Crippen LogP contribution in [-0.2, 0) is 0 Å². The van der Waals surface area contributed by atoms with Gasteiger partial charge in [-0.3, -0.25) is 4.99 Å². The summed E-state index contributed by atoms with van der Waals surface area (Å²) < 4.78 is 10.6. The highest BCUT2D eigenvalue weighted by Gasteiger charge is 2.34. The quantitative estimate of drug-likeness (QED) is 0.857. The van der Waals surface area contributed by atoms with Gasteiger partial charge in [-0.1, -0.05) is 6.07 Å². The fraction of sp³-hybridized carbons (Fsp3) is 0.353. The summed E-state index contributed by atoms with van der Waals surface area (Å²) in [6, 6.07) is 9.93. The Kier molecular flexibility index (Phi) is 4.48. The standard InChI is InChI=1S/C17H17N3O2/c1-10-13(8-18)17(14(9-19)11(2)20-10)12-5-6-15(21-3)16(7-12)22-4/h5-7,13,17H,1-4H3. The van der Waals surface area contributed by atoms with Crippen molar-refractivity contribution in [2.75, 3.05) is 14.2 Å². The van der Waals surface area contributed by atoms with E-state index in [1.54, 1.807) is 27.2 Å². The molecule has 0 saturated heterocycles. The molecule has 0 aliphatic carbocycles. The molecule has 0 amide bonds. The third-order valence-electron chi connectivity index (χ3n) is 3.85. The zero-order valence-corrected chi connectivity index (χ0v) is 13.0. The van der Waals surface area contributed by atoms with Crippen molar-refractivity contribution in [1.82, 2.24) is 0 Å². The van der Waals surface area contributed by atoms with E-state index in [9.17, 15) is 10.5 Å². The molecule has 2 atom stereocenters. The van der Waals surface area contributed by atoms with Crippen LogP contribution in [0.15, 0.2) is 34.5 Å². The molecule has 1 aromatic carbocycles. The monoisotopic (exact) mass is 295 g/mol. The van der Waals surface area contributed by atoms with E-state index < -0.39 is 5.92 Å². The summed E-state index contributed by atoms with van der Waals surface area (Å²) in [7, 11) is 3.13. The van der Waals surface area contributed by atoms with E-state index in [2.05, 4.69) is 17.1 Å². The van der Waals surface area contributed by atoms with E-state index in [1.165, 1.54) is 0 Å². The van der Waals surface area contributed by atoms with Crippen LogP contribution in [0.5, 0.6) is 11.5 Å². The Labute approximate surface area is 130 Å². The number of hydrogen-bond donors (Lipinski definition) is 0. The van der Waals surface area contributed by atoms with Gasteiger partial charge in [0.2, 0.25) is 0 Å². The lowest BCUT2D eigenvalue weighted by Gasteiger charge is -2.27. The van der Waals surface area contributed by atoms with Crippen LogP contribution >= 0.6 is 0 Å². The number of hydrogen-bond acceptors (Lipinski definition) is 5. The van der Waals surface area contributed by atoms with Gasteiger partial charge in [0.05, 0.1) is 43.5 Å². The van der Waals surface area contributed by atoms with E-state index in [0.29, 0.717) is 22.8 Å². The van der Waals surface area contributed by atoms with Crippen LogP contribution in [0.2, 0.25) is 0 Å². The van der Waals surface area contributed by atoms with Crippen LogP contribution in [-0.4, -0.2) is 19.9 Å².